The highest BCUT2D eigenvalue weighted by atomic mass is 16.2. The summed E-state index contributed by atoms with van der Waals surface area (Å²) >= 11 is 0. The Kier molecular flexibility index (Phi) is 5.50. The van der Waals surface area contributed by atoms with Gasteiger partial charge in [-0.25, -0.2) is 0 Å². The van der Waals surface area contributed by atoms with Crippen molar-refractivity contribution in [2.45, 2.75) is 19.4 Å². The van der Waals surface area contributed by atoms with Gasteiger partial charge >= 0.3 is 0 Å². The summed E-state index contributed by atoms with van der Waals surface area (Å²) in [5.74, 6) is 1.48. The van der Waals surface area contributed by atoms with Crippen molar-refractivity contribution in [2.75, 3.05) is 0 Å². The van der Waals surface area contributed by atoms with Crippen molar-refractivity contribution in [2.24, 2.45) is 0 Å². The van der Waals surface area contributed by atoms with E-state index in [4.69, 9.17) is 6.42 Å². The predicted molar refractivity (Wildman–Crippen MR) is 83.8 cm³/mol. The highest BCUT2D eigenvalue weighted by Crippen LogP contribution is 2.02. The Morgan fingerprint density at radius 3 is 2.48 bits per heavy atom. The standard InChI is InChI=1S/C17H18N2O2/c1-5-17(3,4)19-16(21)13(2)18-15(20)12-11-14-9-7-6-8-10-14/h1,6-12H,2H2,3-4H3,(H,18,20)(H,19,21). The molecule has 4 heteroatoms. The summed E-state index contributed by atoms with van der Waals surface area (Å²) < 4.78 is 0. The number of hydrogen-bond acceptors (Lipinski definition) is 2. The maximum Gasteiger partial charge on any atom is 0.268 e. The quantitative estimate of drug-likeness (QED) is 0.639. The summed E-state index contributed by atoms with van der Waals surface area (Å²) in [5.41, 5.74) is 0.0298. The lowest BCUT2D eigenvalue weighted by molar-refractivity contribution is -0.122. The molecular formula is C17H18N2O2. The lowest BCUT2D eigenvalue weighted by atomic mass is 10.1. The first-order valence-electron chi connectivity index (χ1n) is 6.37. The van der Waals surface area contributed by atoms with E-state index in [0.29, 0.717) is 0 Å². The molecule has 0 spiro atoms. The zero-order chi connectivity index (χ0) is 15.9. The van der Waals surface area contributed by atoms with Crippen LogP contribution in [0.1, 0.15) is 19.4 Å². The summed E-state index contributed by atoms with van der Waals surface area (Å²) in [6.45, 7) is 6.87. The van der Waals surface area contributed by atoms with Crippen molar-refractivity contribution in [3.8, 4) is 12.3 Å². The Morgan fingerprint density at radius 1 is 1.29 bits per heavy atom. The molecule has 0 atom stereocenters. The van der Waals surface area contributed by atoms with Gasteiger partial charge in [0.15, 0.2) is 0 Å². The second kappa shape index (κ2) is 7.11. The fraction of sp³-hybridized carbons (Fsp3) is 0.176. The molecule has 4 nitrogen and oxygen atoms in total. The molecule has 0 saturated heterocycles. The van der Waals surface area contributed by atoms with E-state index in [1.807, 2.05) is 30.3 Å². The average Bonchev–Trinajstić information content (AvgIpc) is 2.45. The van der Waals surface area contributed by atoms with Gasteiger partial charge in [0.2, 0.25) is 5.91 Å². The molecular weight excluding hydrogens is 264 g/mol. The lowest BCUT2D eigenvalue weighted by Crippen LogP contribution is -2.45. The fourth-order valence-electron chi connectivity index (χ4n) is 1.38. The van der Waals surface area contributed by atoms with Crippen LogP contribution >= 0.6 is 0 Å². The van der Waals surface area contributed by atoms with E-state index in [0.717, 1.165) is 5.56 Å². The zero-order valence-corrected chi connectivity index (χ0v) is 12.1. The summed E-state index contributed by atoms with van der Waals surface area (Å²) in [6.07, 6.45) is 8.25. The molecule has 1 aromatic carbocycles. The molecule has 1 aromatic rings. The minimum absolute atomic E-state index is 0.0546. The third-order valence-electron chi connectivity index (χ3n) is 2.56. The van der Waals surface area contributed by atoms with Crippen LogP contribution in [0.3, 0.4) is 0 Å². The van der Waals surface area contributed by atoms with Crippen LogP contribution in [0, 0.1) is 12.3 Å². The van der Waals surface area contributed by atoms with E-state index in [1.165, 1.54) is 6.08 Å². The normalized spacial score (nSPS) is 10.7. The van der Waals surface area contributed by atoms with Gasteiger partial charge in [0, 0.05) is 6.08 Å². The van der Waals surface area contributed by atoms with Crippen molar-refractivity contribution in [1.82, 2.24) is 10.6 Å². The molecule has 0 unspecified atom stereocenters. The molecule has 0 fully saturated rings. The SMILES string of the molecule is C#CC(C)(C)NC(=O)C(=C)NC(=O)C=Cc1ccccc1. The number of benzene rings is 1. The average molecular weight is 282 g/mol. The maximum atomic E-state index is 11.8. The largest absolute Gasteiger partial charge is 0.335 e. The van der Waals surface area contributed by atoms with Crippen molar-refractivity contribution >= 4 is 17.9 Å². The van der Waals surface area contributed by atoms with Gasteiger partial charge in [-0.2, -0.15) is 0 Å². The molecule has 1 rings (SSSR count). The highest BCUT2D eigenvalue weighted by Gasteiger charge is 2.19. The first kappa shape index (κ1) is 16.3. The Balaban J connectivity index is 2.55. The zero-order valence-electron chi connectivity index (χ0n) is 12.1. The molecule has 0 aliphatic heterocycles. The third-order valence-corrected chi connectivity index (χ3v) is 2.56. The Morgan fingerprint density at radius 2 is 1.90 bits per heavy atom. The number of rotatable bonds is 5. The van der Waals surface area contributed by atoms with Crippen LogP contribution in [0.5, 0.6) is 0 Å². The number of nitrogens with one attached hydrogen (secondary N) is 2. The molecule has 0 saturated carbocycles. The molecule has 108 valence electrons. The van der Waals surface area contributed by atoms with Crippen LogP contribution < -0.4 is 10.6 Å². The predicted octanol–water partition coefficient (Wildman–Crippen LogP) is 1.86. The Hall–Kier alpha value is -2.80. The second-order valence-corrected chi connectivity index (χ2v) is 4.94. The topological polar surface area (TPSA) is 58.2 Å². The lowest BCUT2D eigenvalue weighted by Gasteiger charge is -2.20. The van der Waals surface area contributed by atoms with Crippen LogP contribution in [-0.2, 0) is 9.59 Å². The molecule has 2 N–H and O–H groups in total. The van der Waals surface area contributed by atoms with E-state index in [2.05, 4.69) is 23.1 Å². The third kappa shape index (κ3) is 5.79. The molecule has 0 radical (unpaired) electrons. The molecule has 0 heterocycles. The molecule has 0 aromatic heterocycles. The van der Waals surface area contributed by atoms with E-state index in [-0.39, 0.29) is 5.70 Å². The van der Waals surface area contributed by atoms with Crippen LogP contribution in [0.4, 0.5) is 0 Å². The van der Waals surface area contributed by atoms with Gasteiger partial charge in [-0.1, -0.05) is 42.8 Å². The molecule has 2 amide bonds. The molecule has 0 aliphatic carbocycles. The van der Waals surface area contributed by atoms with E-state index < -0.39 is 17.4 Å². The summed E-state index contributed by atoms with van der Waals surface area (Å²) in [5, 5.41) is 4.97. The van der Waals surface area contributed by atoms with Gasteiger partial charge in [-0.15, -0.1) is 6.42 Å². The van der Waals surface area contributed by atoms with Gasteiger partial charge < -0.3 is 10.6 Å². The van der Waals surface area contributed by atoms with Gasteiger partial charge in [0.1, 0.15) is 0 Å². The van der Waals surface area contributed by atoms with Crippen LogP contribution in [0.25, 0.3) is 6.08 Å². The first-order valence-corrected chi connectivity index (χ1v) is 6.37. The van der Waals surface area contributed by atoms with Crippen molar-refractivity contribution in [1.29, 1.82) is 0 Å². The van der Waals surface area contributed by atoms with E-state index >= 15 is 0 Å². The summed E-state index contributed by atoms with van der Waals surface area (Å²) in [7, 11) is 0. The van der Waals surface area contributed by atoms with Gasteiger partial charge in [-0.3, -0.25) is 9.59 Å². The Bertz CT molecular complexity index is 607. The monoisotopic (exact) mass is 282 g/mol. The van der Waals surface area contributed by atoms with Gasteiger partial charge in [0.05, 0.1) is 11.2 Å². The second-order valence-electron chi connectivity index (χ2n) is 4.94. The summed E-state index contributed by atoms with van der Waals surface area (Å²) in [6, 6.07) is 9.34. The number of carbonyl (C=O) groups excluding carboxylic acids is 2. The van der Waals surface area contributed by atoms with Crippen LogP contribution in [0.15, 0.2) is 48.7 Å². The first-order chi connectivity index (χ1) is 9.84. The molecule has 0 bridgehead atoms. The fourth-order valence-corrected chi connectivity index (χ4v) is 1.38. The number of carbonyl (C=O) groups is 2. The van der Waals surface area contributed by atoms with E-state index in [9.17, 15) is 9.59 Å². The minimum Gasteiger partial charge on any atom is -0.335 e. The van der Waals surface area contributed by atoms with Crippen LogP contribution in [0.2, 0.25) is 0 Å². The molecule has 0 aliphatic rings. The van der Waals surface area contributed by atoms with Crippen molar-refractivity contribution < 1.29 is 9.59 Å². The smallest absolute Gasteiger partial charge is 0.268 e. The van der Waals surface area contributed by atoms with Crippen LogP contribution in [-0.4, -0.2) is 17.4 Å². The number of terminal acetylenes is 1. The minimum atomic E-state index is -0.801. The Labute approximate surface area is 124 Å². The van der Waals surface area contributed by atoms with Crippen molar-refractivity contribution in [3.63, 3.8) is 0 Å². The van der Waals surface area contributed by atoms with Gasteiger partial charge in [0.25, 0.3) is 5.91 Å². The summed E-state index contributed by atoms with van der Waals surface area (Å²) in [4.78, 5) is 23.5. The highest BCUT2D eigenvalue weighted by molar-refractivity contribution is 6.01. The van der Waals surface area contributed by atoms with Gasteiger partial charge in [-0.05, 0) is 25.5 Å². The van der Waals surface area contributed by atoms with E-state index in [1.54, 1.807) is 19.9 Å². The number of hydrogen-bond donors (Lipinski definition) is 2. The van der Waals surface area contributed by atoms with Crippen molar-refractivity contribution in [3.05, 3.63) is 54.2 Å². The number of amides is 2. The molecule has 21 heavy (non-hydrogen) atoms. The maximum absolute atomic E-state index is 11.8.